The fraction of sp³-hybridized carbons (Fsp3) is 0.286. The van der Waals surface area contributed by atoms with E-state index in [1.165, 1.54) is 0 Å². The van der Waals surface area contributed by atoms with Gasteiger partial charge in [-0.3, -0.25) is 4.79 Å². The van der Waals surface area contributed by atoms with Gasteiger partial charge in [-0.15, -0.1) is 0 Å². The summed E-state index contributed by atoms with van der Waals surface area (Å²) >= 11 is 0. The molecule has 2 aromatic carbocycles. The summed E-state index contributed by atoms with van der Waals surface area (Å²) in [5.41, 5.74) is 8.92. The number of anilines is 1. The zero-order chi connectivity index (χ0) is 17.8. The predicted molar refractivity (Wildman–Crippen MR) is 101 cm³/mol. The molecule has 2 N–H and O–H groups in total. The summed E-state index contributed by atoms with van der Waals surface area (Å²) in [7, 11) is 4.13. The first kappa shape index (κ1) is 17.1. The van der Waals surface area contributed by atoms with E-state index in [1.54, 1.807) is 0 Å². The summed E-state index contributed by atoms with van der Waals surface area (Å²) in [6.07, 6.45) is 1.03. The SMILES string of the molecule is CN(C)C1CCN(C(=O)c2ccc(C#Cc3ccc(N)cc3)cc2)C1. The Morgan fingerprint density at radius 2 is 1.60 bits per heavy atom. The Labute approximate surface area is 149 Å². The monoisotopic (exact) mass is 333 g/mol. The van der Waals surface area contributed by atoms with E-state index in [0.717, 1.165) is 41.9 Å². The van der Waals surface area contributed by atoms with Gasteiger partial charge in [0.05, 0.1) is 0 Å². The van der Waals surface area contributed by atoms with Crippen molar-refractivity contribution in [1.29, 1.82) is 0 Å². The van der Waals surface area contributed by atoms with Crippen molar-refractivity contribution in [2.45, 2.75) is 12.5 Å². The van der Waals surface area contributed by atoms with Gasteiger partial charge in [-0.1, -0.05) is 11.8 Å². The fourth-order valence-electron chi connectivity index (χ4n) is 2.94. The molecule has 0 aliphatic carbocycles. The zero-order valence-corrected chi connectivity index (χ0v) is 14.7. The molecule has 1 heterocycles. The van der Waals surface area contributed by atoms with Crippen molar-refractivity contribution in [2.24, 2.45) is 0 Å². The molecule has 1 atom stereocenters. The van der Waals surface area contributed by atoms with Gasteiger partial charge in [0.15, 0.2) is 0 Å². The van der Waals surface area contributed by atoms with Crippen LogP contribution in [0.3, 0.4) is 0 Å². The summed E-state index contributed by atoms with van der Waals surface area (Å²) in [4.78, 5) is 16.7. The minimum atomic E-state index is 0.0994. The van der Waals surface area contributed by atoms with Gasteiger partial charge in [0.25, 0.3) is 5.91 Å². The van der Waals surface area contributed by atoms with Crippen molar-refractivity contribution >= 4 is 11.6 Å². The molecular weight excluding hydrogens is 310 g/mol. The van der Waals surface area contributed by atoms with Crippen LogP contribution in [0.15, 0.2) is 48.5 Å². The average molecular weight is 333 g/mol. The first-order valence-electron chi connectivity index (χ1n) is 8.46. The van der Waals surface area contributed by atoms with Gasteiger partial charge in [-0.05, 0) is 69.0 Å². The lowest BCUT2D eigenvalue weighted by Gasteiger charge is -2.20. The molecule has 25 heavy (non-hydrogen) atoms. The first-order chi connectivity index (χ1) is 12.0. The van der Waals surface area contributed by atoms with Crippen LogP contribution in [0.1, 0.15) is 27.9 Å². The van der Waals surface area contributed by atoms with Crippen molar-refractivity contribution in [3.63, 3.8) is 0 Å². The van der Waals surface area contributed by atoms with E-state index in [9.17, 15) is 4.79 Å². The summed E-state index contributed by atoms with van der Waals surface area (Å²) in [5, 5.41) is 0. The number of likely N-dealkylation sites (N-methyl/N-ethyl adjacent to an activating group) is 1. The van der Waals surface area contributed by atoms with Crippen LogP contribution in [0, 0.1) is 11.8 Å². The number of carbonyl (C=O) groups excluding carboxylic acids is 1. The molecule has 1 aliphatic heterocycles. The third-order valence-corrected chi connectivity index (χ3v) is 4.57. The molecule has 3 rings (SSSR count). The molecule has 128 valence electrons. The minimum absolute atomic E-state index is 0.0994. The minimum Gasteiger partial charge on any atom is -0.399 e. The summed E-state index contributed by atoms with van der Waals surface area (Å²) in [5.74, 6) is 6.32. The van der Waals surface area contributed by atoms with Gasteiger partial charge in [0.2, 0.25) is 0 Å². The number of amides is 1. The van der Waals surface area contributed by atoms with Gasteiger partial charge in [0.1, 0.15) is 0 Å². The number of hydrogen-bond acceptors (Lipinski definition) is 3. The molecular formula is C21H23N3O. The highest BCUT2D eigenvalue weighted by molar-refractivity contribution is 5.94. The van der Waals surface area contributed by atoms with Crippen molar-refractivity contribution < 1.29 is 4.79 Å². The second kappa shape index (κ2) is 7.42. The quantitative estimate of drug-likeness (QED) is 0.678. The second-order valence-corrected chi connectivity index (χ2v) is 6.61. The molecule has 1 amide bonds. The van der Waals surface area contributed by atoms with Gasteiger partial charge in [-0.25, -0.2) is 0 Å². The molecule has 0 radical (unpaired) electrons. The molecule has 2 aromatic rings. The van der Waals surface area contributed by atoms with Gasteiger partial charge >= 0.3 is 0 Å². The average Bonchev–Trinajstić information content (AvgIpc) is 3.11. The lowest BCUT2D eigenvalue weighted by atomic mass is 10.1. The third kappa shape index (κ3) is 4.20. The molecule has 1 unspecified atom stereocenters. The van der Waals surface area contributed by atoms with E-state index >= 15 is 0 Å². The molecule has 0 bridgehead atoms. The number of nitrogens with two attached hydrogens (primary N) is 1. The Balaban J connectivity index is 1.66. The molecule has 4 nitrogen and oxygen atoms in total. The van der Waals surface area contributed by atoms with Gasteiger partial charge in [0, 0.05) is 41.5 Å². The van der Waals surface area contributed by atoms with Crippen molar-refractivity contribution in [3.05, 3.63) is 65.2 Å². The standard InChI is InChI=1S/C21H23N3O/c1-23(2)20-13-14-24(15-20)21(25)18-9-5-16(6-10-18)3-4-17-7-11-19(22)12-8-17/h5-12,20H,13-15,22H2,1-2H3. The molecule has 1 fully saturated rings. The number of rotatable bonds is 2. The number of likely N-dealkylation sites (tertiary alicyclic amines) is 1. The van der Waals surface area contributed by atoms with Gasteiger partial charge < -0.3 is 15.5 Å². The lowest BCUT2D eigenvalue weighted by molar-refractivity contribution is 0.0783. The van der Waals surface area contributed by atoms with E-state index in [1.807, 2.05) is 53.4 Å². The molecule has 4 heteroatoms. The number of carbonyl (C=O) groups is 1. The van der Waals surface area contributed by atoms with Crippen molar-refractivity contribution in [3.8, 4) is 11.8 Å². The highest BCUT2D eigenvalue weighted by atomic mass is 16.2. The molecule has 0 aromatic heterocycles. The maximum Gasteiger partial charge on any atom is 0.253 e. The highest BCUT2D eigenvalue weighted by Crippen LogP contribution is 2.17. The van der Waals surface area contributed by atoms with Crippen LogP contribution in [0.25, 0.3) is 0 Å². The van der Waals surface area contributed by atoms with Crippen LogP contribution < -0.4 is 5.73 Å². The lowest BCUT2D eigenvalue weighted by Crippen LogP contribution is -2.34. The van der Waals surface area contributed by atoms with Crippen LogP contribution in [0.4, 0.5) is 5.69 Å². The number of nitrogen functional groups attached to an aromatic ring is 1. The largest absolute Gasteiger partial charge is 0.399 e. The van der Waals surface area contributed by atoms with Crippen molar-refractivity contribution in [2.75, 3.05) is 32.9 Å². The smallest absolute Gasteiger partial charge is 0.253 e. The van der Waals surface area contributed by atoms with E-state index < -0.39 is 0 Å². The number of nitrogens with zero attached hydrogens (tertiary/aromatic N) is 2. The molecule has 1 aliphatic rings. The second-order valence-electron chi connectivity index (χ2n) is 6.61. The Bertz CT molecular complexity index is 798. The normalized spacial score (nSPS) is 16.6. The molecule has 0 saturated carbocycles. The Kier molecular flexibility index (Phi) is 5.06. The topological polar surface area (TPSA) is 49.6 Å². The van der Waals surface area contributed by atoms with E-state index in [-0.39, 0.29) is 5.91 Å². The highest BCUT2D eigenvalue weighted by Gasteiger charge is 2.27. The number of benzene rings is 2. The van der Waals surface area contributed by atoms with Crippen LogP contribution in [0.2, 0.25) is 0 Å². The van der Waals surface area contributed by atoms with E-state index in [4.69, 9.17) is 5.73 Å². The fourth-order valence-corrected chi connectivity index (χ4v) is 2.94. The van der Waals surface area contributed by atoms with Crippen LogP contribution in [-0.4, -0.2) is 48.9 Å². The predicted octanol–water partition coefficient (Wildman–Crippen LogP) is 2.44. The Morgan fingerprint density at radius 3 is 2.12 bits per heavy atom. The summed E-state index contributed by atoms with van der Waals surface area (Å²) in [6.45, 7) is 1.62. The molecule has 1 saturated heterocycles. The van der Waals surface area contributed by atoms with Gasteiger partial charge in [-0.2, -0.15) is 0 Å². The maximum atomic E-state index is 12.6. The summed E-state index contributed by atoms with van der Waals surface area (Å²) in [6, 6.07) is 15.4. The zero-order valence-electron chi connectivity index (χ0n) is 14.7. The van der Waals surface area contributed by atoms with Crippen LogP contribution in [0.5, 0.6) is 0 Å². The first-order valence-corrected chi connectivity index (χ1v) is 8.46. The van der Waals surface area contributed by atoms with Crippen molar-refractivity contribution in [1.82, 2.24) is 9.80 Å². The third-order valence-electron chi connectivity index (χ3n) is 4.57. The van der Waals surface area contributed by atoms with Crippen LogP contribution >= 0.6 is 0 Å². The van der Waals surface area contributed by atoms with E-state index in [0.29, 0.717) is 6.04 Å². The summed E-state index contributed by atoms with van der Waals surface area (Å²) < 4.78 is 0. The molecule has 0 spiro atoms. The maximum absolute atomic E-state index is 12.6. The van der Waals surface area contributed by atoms with Crippen LogP contribution in [-0.2, 0) is 0 Å². The number of hydrogen-bond donors (Lipinski definition) is 1. The Morgan fingerprint density at radius 1 is 1.04 bits per heavy atom. The van der Waals surface area contributed by atoms with E-state index in [2.05, 4.69) is 30.8 Å². The Hall–Kier alpha value is -2.77.